The molecule has 30 heavy (non-hydrogen) atoms. The molecule has 2 aromatic carbocycles. The van der Waals surface area contributed by atoms with Gasteiger partial charge in [-0.1, -0.05) is 36.4 Å². The number of nitrogens with one attached hydrogen (secondary N) is 1. The molecule has 152 valence electrons. The van der Waals surface area contributed by atoms with Gasteiger partial charge in [-0.15, -0.1) is 0 Å². The molecule has 0 saturated carbocycles. The van der Waals surface area contributed by atoms with E-state index in [-0.39, 0.29) is 11.8 Å². The summed E-state index contributed by atoms with van der Waals surface area (Å²) in [6, 6.07) is 20.0. The first kappa shape index (κ1) is 19.6. The molecule has 0 radical (unpaired) electrons. The van der Waals surface area contributed by atoms with Crippen LogP contribution in [-0.4, -0.2) is 34.8 Å². The smallest absolute Gasteiger partial charge is 0.255 e. The second-order valence-electron chi connectivity index (χ2n) is 7.19. The van der Waals surface area contributed by atoms with Crippen LogP contribution in [-0.2, 0) is 6.61 Å². The molecule has 2 heterocycles. The monoisotopic (exact) mass is 401 g/mol. The van der Waals surface area contributed by atoms with Gasteiger partial charge >= 0.3 is 0 Å². The van der Waals surface area contributed by atoms with Crippen LogP contribution in [0.5, 0.6) is 5.88 Å². The van der Waals surface area contributed by atoms with Gasteiger partial charge in [-0.3, -0.25) is 9.59 Å². The van der Waals surface area contributed by atoms with Crippen molar-refractivity contribution in [2.24, 2.45) is 0 Å². The zero-order chi connectivity index (χ0) is 20.8. The molecule has 1 aromatic heterocycles. The van der Waals surface area contributed by atoms with Crippen LogP contribution in [0, 0.1) is 0 Å². The maximum absolute atomic E-state index is 12.7. The summed E-state index contributed by atoms with van der Waals surface area (Å²) in [5, 5.41) is 2.85. The minimum absolute atomic E-state index is 0.00380. The number of pyridine rings is 1. The zero-order valence-electron chi connectivity index (χ0n) is 16.6. The Kier molecular flexibility index (Phi) is 6.03. The molecule has 1 fully saturated rings. The molecule has 3 aromatic rings. The van der Waals surface area contributed by atoms with E-state index in [0.717, 1.165) is 31.5 Å². The largest absolute Gasteiger partial charge is 0.473 e. The van der Waals surface area contributed by atoms with E-state index in [1.54, 1.807) is 42.6 Å². The van der Waals surface area contributed by atoms with Crippen molar-refractivity contribution in [2.75, 3.05) is 18.4 Å². The molecule has 0 aliphatic carbocycles. The van der Waals surface area contributed by atoms with Gasteiger partial charge in [0, 0.05) is 42.2 Å². The summed E-state index contributed by atoms with van der Waals surface area (Å²) >= 11 is 0. The quantitative estimate of drug-likeness (QED) is 0.674. The van der Waals surface area contributed by atoms with Gasteiger partial charge in [-0.25, -0.2) is 4.98 Å². The van der Waals surface area contributed by atoms with E-state index in [2.05, 4.69) is 10.3 Å². The average Bonchev–Trinajstić information content (AvgIpc) is 3.33. The van der Waals surface area contributed by atoms with E-state index >= 15 is 0 Å². The molecule has 4 rings (SSSR count). The molecular formula is C24H23N3O3. The molecule has 2 amide bonds. The molecule has 1 aliphatic heterocycles. The van der Waals surface area contributed by atoms with Gasteiger partial charge in [0.25, 0.3) is 11.8 Å². The van der Waals surface area contributed by atoms with Crippen molar-refractivity contribution >= 4 is 17.5 Å². The van der Waals surface area contributed by atoms with Gasteiger partial charge in [-0.05, 0) is 42.7 Å². The Labute approximate surface area is 175 Å². The third-order valence-electron chi connectivity index (χ3n) is 4.99. The van der Waals surface area contributed by atoms with Gasteiger partial charge in [0.15, 0.2) is 0 Å². The Bertz CT molecular complexity index is 1030. The first-order valence-corrected chi connectivity index (χ1v) is 10.0. The topological polar surface area (TPSA) is 71.5 Å². The highest BCUT2D eigenvalue weighted by molar-refractivity contribution is 6.05. The summed E-state index contributed by atoms with van der Waals surface area (Å²) in [6.45, 7) is 1.95. The van der Waals surface area contributed by atoms with E-state index in [0.29, 0.717) is 29.3 Å². The molecule has 1 aliphatic rings. The molecule has 0 unspecified atom stereocenters. The van der Waals surface area contributed by atoms with E-state index in [9.17, 15) is 9.59 Å². The third-order valence-corrected chi connectivity index (χ3v) is 4.99. The Morgan fingerprint density at radius 2 is 1.73 bits per heavy atom. The SMILES string of the molecule is O=C(Nc1cccc(C(=O)N2CCCC2)c1)c1ccnc(OCc2ccccc2)c1. The van der Waals surface area contributed by atoms with Gasteiger partial charge in [0.1, 0.15) is 6.61 Å². The number of likely N-dealkylation sites (tertiary alicyclic amines) is 1. The number of hydrogen-bond acceptors (Lipinski definition) is 4. The lowest BCUT2D eigenvalue weighted by atomic mass is 10.1. The Hall–Kier alpha value is -3.67. The molecule has 0 spiro atoms. The summed E-state index contributed by atoms with van der Waals surface area (Å²) in [5.41, 5.74) is 2.61. The van der Waals surface area contributed by atoms with Gasteiger partial charge in [0.05, 0.1) is 0 Å². The van der Waals surface area contributed by atoms with Crippen molar-refractivity contribution in [1.82, 2.24) is 9.88 Å². The van der Waals surface area contributed by atoms with E-state index in [1.165, 1.54) is 0 Å². The number of benzene rings is 2. The summed E-state index contributed by atoms with van der Waals surface area (Å²) in [5.74, 6) is 0.0984. The van der Waals surface area contributed by atoms with Crippen LogP contribution in [0.15, 0.2) is 72.9 Å². The van der Waals surface area contributed by atoms with Crippen molar-refractivity contribution < 1.29 is 14.3 Å². The van der Waals surface area contributed by atoms with Crippen LogP contribution in [0.3, 0.4) is 0 Å². The van der Waals surface area contributed by atoms with Crippen LogP contribution < -0.4 is 10.1 Å². The van der Waals surface area contributed by atoms with E-state index < -0.39 is 0 Å². The van der Waals surface area contributed by atoms with Crippen LogP contribution in [0.1, 0.15) is 39.1 Å². The van der Waals surface area contributed by atoms with Crippen LogP contribution >= 0.6 is 0 Å². The standard InChI is InChI=1S/C24H23N3O3/c28-23(19-11-12-25-22(16-19)30-17-18-7-2-1-3-8-18)26-21-10-6-9-20(15-21)24(29)27-13-4-5-14-27/h1-3,6-12,15-16H,4-5,13-14,17H2,(H,26,28). The van der Waals surface area contributed by atoms with E-state index in [4.69, 9.17) is 4.74 Å². The summed E-state index contributed by atoms with van der Waals surface area (Å²) in [6.07, 6.45) is 3.63. The molecule has 1 N–H and O–H groups in total. The number of aromatic nitrogens is 1. The molecule has 0 atom stereocenters. The highest BCUT2D eigenvalue weighted by Crippen LogP contribution is 2.18. The van der Waals surface area contributed by atoms with Crippen molar-refractivity contribution in [2.45, 2.75) is 19.4 Å². The van der Waals surface area contributed by atoms with Crippen LogP contribution in [0.2, 0.25) is 0 Å². The first-order chi connectivity index (χ1) is 14.7. The summed E-state index contributed by atoms with van der Waals surface area (Å²) in [7, 11) is 0. The maximum Gasteiger partial charge on any atom is 0.255 e. The van der Waals surface area contributed by atoms with E-state index in [1.807, 2.05) is 35.2 Å². The van der Waals surface area contributed by atoms with Gasteiger partial charge < -0.3 is 15.0 Å². The van der Waals surface area contributed by atoms with Crippen molar-refractivity contribution in [3.63, 3.8) is 0 Å². The highest BCUT2D eigenvalue weighted by atomic mass is 16.5. The van der Waals surface area contributed by atoms with Crippen molar-refractivity contribution in [3.05, 3.63) is 89.6 Å². The Morgan fingerprint density at radius 1 is 0.933 bits per heavy atom. The zero-order valence-corrected chi connectivity index (χ0v) is 16.6. The molecule has 6 nitrogen and oxygen atoms in total. The minimum atomic E-state index is -0.285. The Balaban J connectivity index is 1.41. The number of carbonyl (C=O) groups excluding carboxylic acids is 2. The number of anilines is 1. The number of rotatable bonds is 6. The predicted molar refractivity (Wildman–Crippen MR) is 115 cm³/mol. The second kappa shape index (κ2) is 9.22. The summed E-state index contributed by atoms with van der Waals surface area (Å²) < 4.78 is 5.70. The van der Waals surface area contributed by atoms with Gasteiger partial charge in [-0.2, -0.15) is 0 Å². The average molecular weight is 401 g/mol. The fraction of sp³-hybridized carbons (Fsp3) is 0.208. The lowest BCUT2D eigenvalue weighted by Gasteiger charge is -2.16. The predicted octanol–water partition coefficient (Wildman–Crippen LogP) is 4.15. The number of amides is 2. The number of hydrogen-bond donors (Lipinski definition) is 1. The van der Waals surface area contributed by atoms with Crippen molar-refractivity contribution in [3.8, 4) is 5.88 Å². The van der Waals surface area contributed by atoms with Gasteiger partial charge in [0.2, 0.25) is 5.88 Å². The summed E-state index contributed by atoms with van der Waals surface area (Å²) in [4.78, 5) is 31.3. The number of carbonyl (C=O) groups is 2. The molecule has 0 bridgehead atoms. The third kappa shape index (κ3) is 4.84. The first-order valence-electron chi connectivity index (χ1n) is 10.0. The molecular weight excluding hydrogens is 378 g/mol. The fourth-order valence-corrected chi connectivity index (χ4v) is 3.40. The molecule has 1 saturated heterocycles. The second-order valence-corrected chi connectivity index (χ2v) is 7.19. The van der Waals surface area contributed by atoms with Crippen LogP contribution in [0.25, 0.3) is 0 Å². The lowest BCUT2D eigenvalue weighted by molar-refractivity contribution is 0.0792. The van der Waals surface area contributed by atoms with Crippen LogP contribution in [0.4, 0.5) is 5.69 Å². The number of ether oxygens (including phenoxy) is 1. The normalized spacial score (nSPS) is 13.1. The number of nitrogens with zero attached hydrogens (tertiary/aromatic N) is 2. The minimum Gasteiger partial charge on any atom is -0.473 e. The highest BCUT2D eigenvalue weighted by Gasteiger charge is 2.19. The fourth-order valence-electron chi connectivity index (χ4n) is 3.40. The Morgan fingerprint density at radius 3 is 2.53 bits per heavy atom. The molecule has 6 heteroatoms. The van der Waals surface area contributed by atoms with Crippen molar-refractivity contribution in [1.29, 1.82) is 0 Å². The lowest BCUT2D eigenvalue weighted by Crippen LogP contribution is -2.27. The maximum atomic E-state index is 12.7.